The number of nitrogen functional groups attached to an aromatic ring is 1. The molecule has 0 unspecified atom stereocenters. The van der Waals surface area contributed by atoms with Crippen LogP contribution in [0.5, 0.6) is 0 Å². The zero-order chi connectivity index (χ0) is 14.9. The van der Waals surface area contributed by atoms with Crippen LogP contribution in [0.25, 0.3) is 0 Å². The van der Waals surface area contributed by atoms with E-state index < -0.39 is 10.0 Å². The van der Waals surface area contributed by atoms with Gasteiger partial charge in [-0.25, -0.2) is 8.42 Å². The minimum absolute atomic E-state index is 0.237. The quantitative estimate of drug-likeness (QED) is 0.884. The van der Waals surface area contributed by atoms with E-state index in [4.69, 9.17) is 5.73 Å². The Morgan fingerprint density at radius 2 is 1.60 bits per heavy atom. The molecule has 106 valence electrons. The highest BCUT2D eigenvalue weighted by molar-refractivity contribution is 7.92. The van der Waals surface area contributed by atoms with Crippen LogP contribution in [0, 0.1) is 13.8 Å². The smallest absolute Gasteiger partial charge is 0.264 e. The van der Waals surface area contributed by atoms with Crippen LogP contribution < -0.4 is 10.0 Å². The number of nitrogens with zero attached hydrogens (tertiary/aromatic N) is 1. The van der Waals surface area contributed by atoms with Crippen molar-refractivity contribution in [2.45, 2.75) is 18.7 Å². The molecule has 0 bridgehead atoms. The van der Waals surface area contributed by atoms with Gasteiger partial charge in [0, 0.05) is 12.7 Å². The predicted octanol–water partition coefficient (Wildman–Crippen LogP) is 2.71. The van der Waals surface area contributed by atoms with Crippen molar-refractivity contribution in [1.29, 1.82) is 0 Å². The summed E-state index contributed by atoms with van der Waals surface area (Å²) in [4.78, 5) is 0.237. The molecular weight excluding hydrogens is 272 g/mol. The third kappa shape index (κ3) is 2.63. The average molecular weight is 290 g/mol. The van der Waals surface area contributed by atoms with Crippen molar-refractivity contribution in [3.8, 4) is 0 Å². The van der Waals surface area contributed by atoms with Gasteiger partial charge in [0.1, 0.15) is 0 Å². The molecule has 0 aliphatic carbocycles. The van der Waals surface area contributed by atoms with Crippen molar-refractivity contribution in [3.63, 3.8) is 0 Å². The molecule has 0 atom stereocenters. The highest BCUT2D eigenvalue weighted by atomic mass is 32.2. The molecule has 0 aromatic heterocycles. The van der Waals surface area contributed by atoms with E-state index in [0.717, 1.165) is 5.56 Å². The molecule has 2 rings (SSSR count). The molecule has 0 saturated heterocycles. The lowest BCUT2D eigenvalue weighted by Gasteiger charge is -2.21. The first-order valence-corrected chi connectivity index (χ1v) is 7.68. The standard InChI is InChI=1S/C15H18N2O2S/c1-11-4-8-14(9-5-11)17(3)20(18,19)15-10-13(16)7-6-12(15)2/h4-10H,16H2,1-3H3. The monoisotopic (exact) mass is 290 g/mol. The number of hydrogen-bond donors (Lipinski definition) is 1. The third-order valence-corrected chi connectivity index (χ3v) is 5.18. The molecule has 0 fully saturated rings. The maximum atomic E-state index is 12.7. The Morgan fingerprint density at radius 1 is 1.00 bits per heavy atom. The number of sulfonamides is 1. The molecular formula is C15H18N2O2S. The van der Waals surface area contributed by atoms with E-state index in [9.17, 15) is 8.42 Å². The highest BCUT2D eigenvalue weighted by Gasteiger charge is 2.23. The molecule has 0 amide bonds. The molecule has 20 heavy (non-hydrogen) atoms. The van der Waals surface area contributed by atoms with Crippen molar-refractivity contribution in [2.75, 3.05) is 17.1 Å². The summed E-state index contributed by atoms with van der Waals surface area (Å²) in [5, 5.41) is 0. The summed E-state index contributed by atoms with van der Waals surface area (Å²) < 4.78 is 26.6. The first-order chi connectivity index (χ1) is 9.32. The average Bonchev–Trinajstić information content (AvgIpc) is 2.41. The number of anilines is 2. The SMILES string of the molecule is Cc1ccc(N(C)S(=O)(=O)c2cc(N)ccc2C)cc1. The van der Waals surface area contributed by atoms with E-state index >= 15 is 0 Å². The van der Waals surface area contributed by atoms with Crippen LogP contribution in [0.3, 0.4) is 0 Å². The Kier molecular flexibility index (Phi) is 3.72. The molecule has 0 radical (unpaired) electrons. The molecule has 4 nitrogen and oxygen atoms in total. The molecule has 0 heterocycles. The number of aryl methyl sites for hydroxylation is 2. The van der Waals surface area contributed by atoms with Crippen molar-refractivity contribution >= 4 is 21.4 Å². The van der Waals surface area contributed by atoms with Crippen molar-refractivity contribution in [3.05, 3.63) is 53.6 Å². The minimum Gasteiger partial charge on any atom is -0.399 e. The van der Waals surface area contributed by atoms with E-state index in [2.05, 4.69) is 0 Å². The van der Waals surface area contributed by atoms with Crippen LogP contribution in [0.15, 0.2) is 47.4 Å². The van der Waals surface area contributed by atoms with E-state index in [-0.39, 0.29) is 4.90 Å². The van der Waals surface area contributed by atoms with Crippen LogP contribution in [-0.2, 0) is 10.0 Å². The number of benzene rings is 2. The van der Waals surface area contributed by atoms with Gasteiger partial charge < -0.3 is 5.73 Å². The lowest BCUT2D eigenvalue weighted by Crippen LogP contribution is -2.27. The maximum Gasteiger partial charge on any atom is 0.264 e. The van der Waals surface area contributed by atoms with Gasteiger partial charge in [-0.2, -0.15) is 0 Å². The summed E-state index contributed by atoms with van der Waals surface area (Å²) in [6.45, 7) is 3.72. The molecule has 2 aromatic rings. The van der Waals surface area contributed by atoms with Gasteiger partial charge in [-0.1, -0.05) is 23.8 Å². The third-order valence-electron chi connectivity index (χ3n) is 3.25. The van der Waals surface area contributed by atoms with Crippen LogP contribution in [0.2, 0.25) is 0 Å². The molecule has 5 heteroatoms. The second-order valence-electron chi connectivity index (χ2n) is 4.83. The van der Waals surface area contributed by atoms with Crippen molar-refractivity contribution in [1.82, 2.24) is 0 Å². The van der Waals surface area contributed by atoms with Crippen LogP contribution >= 0.6 is 0 Å². The van der Waals surface area contributed by atoms with Gasteiger partial charge in [-0.05, 0) is 43.7 Å². The highest BCUT2D eigenvalue weighted by Crippen LogP contribution is 2.25. The zero-order valence-corrected chi connectivity index (χ0v) is 12.6. The van der Waals surface area contributed by atoms with Gasteiger partial charge in [0.25, 0.3) is 10.0 Å². The molecule has 2 aromatic carbocycles. The van der Waals surface area contributed by atoms with Gasteiger partial charge in [-0.3, -0.25) is 4.31 Å². The van der Waals surface area contributed by atoms with Gasteiger partial charge in [0.2, 0.25) is 0 Å². The Hall–Kier alpha value is -2.01. The molecule has 0 saturated carbocycles. The normalized spacial score (nSPS) is 11.3. The van der Waals surface area contributed by atoms with Crippen LogP contribution in [0.4, 0.5) is 11.4 Å². The summed E-state index contributed by atoms with van der Waals surface area (Å²) in [6.07, 6.45) is 0. The summed E-state index contributed by atoms with van der Waals surface area (Å²) in [6, 6.07) is 12.2. The molecule has 2 N–H and O–H groups in total. The van der Waals surface area contributed by atoms with Crippen molar-refractivity contribution < 1.29 is 8.42 Å². The Balaban J connectivity index is 2.49. The van der Waals surface area contributed by atoms with E-state index in [1.807, 2.05) is 19.1 Å². The number of rotatable bonds is 3. The number of hydrogen-bond acceptors (Lipinski definition) is 3. The fourth-order valence-corrected chi connectivity index (χ4v) is 3.39. The Labute approximate surface area is 119 Å². The minimum atomic E-state index is -3.60. The van der Waals surface area contributed by atoms with Gasteiger partial charge in [0.05, 0.1) is 10.6 Å². The fraction of sp³-hybridized carbons (Fsp3) is 0.200. The van der Waals surface area contributed by atoms with Crippen molar-refractivity contribution in [2.24, 2.45) is 0 Å². The fourth-order valence-electron chi connectivity index (χ4n) is 1.94. The second-order valence-corrected chi connectivity index (χ2v) is 6.77. The van der Waals surface area contributed by atoms with E-state index in [1.54, 1.807) is 38.2 Å². The van der Waals surface area contributed by atoms with Gasteiger partial charge in [-0.15, -0.1) is 0 Å². The lowest BCUT2D eigenvalue weighted by molar-refractivity contribution is 0.594. The maximum absolute atomic E-state index is 12.7. The topological polar surface area (TPSA) is 63.4 Å². The molecule has 0 aliphatic rings. The molecule has 0 aliphatic heterocycles. The van der Waals surface area contributed by atoms with Crippen LogP contribution in [0.1, 0.15) is 11.1 Å². The Morgan fingerprint density at radius 3 is 2.20 bits per heavy atom. The number of nitrogens with two attached hydrogens (primary N) is 1. The van der Waals surface area contributed by atoms with Gasteiger partial charge in [0.15, 0.2) is 0 Å². The Bertz CT molecular complexity index is 722. The lowest BCUT2D eigenvalue weighted by atomic mass is 10.2. The largest absolute Gasteiger partial charge is 0.399 e. The van der Waals surface area contributed by atoms with Crippen LogP contribution in [-0.4, -0.2) is 15.5 Å². The van der Waals surface area contributed by atoms with Gasteiger partial charge >= 0.3 is 0 Å². The van der Waals surface area contributed by atoms with E-state index in [1.165, 1.54) is 10.4 Å². The second kappa shape index (κ2) is 5.17. The first-order valence-electron chi connectivity index (χ1n) is 6.24. The first kappa shape index (κ1) is 14.4. The zero-order valence-electron chi connectivity index (χ0n) is 11.8. The summed E-state index contributed by atoms with van der Waals surface area (Å²) in [7, 11) is -2.06. The van der Waals surface area contributed by atoms with E-state index in [0.29, 0.717) is 16.9 Å². The molecule has 0 spiro atoms. The summed E-state index contributed by atoms with van der Waals surface area (Å²) >= 11 is 0. The summed E-state index contributed by atoms with van der Waals surface area (Å²) in [5.74, 6) is 0. The summed E-state index contributed by atoms with van der Waals surface area (Å²) in [5.41, 5.74) is 8.52. The predicted molar refractivity (Wildman–Crippen MR) is 82.4 cm³/mol.